The van der Waals surface area contributed by atoms with Crippen LogP contribution >= 0.6 is 0 Å². The summed E-state index contributed by atoms with van der Waals surface area (Å²) in [5.74, 6) is 0.178. The fraction of sp³-hybridized carbons (Fsp3) is 0.588. The van der Waals surface area contributed by atoms with E-state index in [1.165, 1.54) is 12.1 Å². The van der Waals surface area contributed by atoms with Gasteiger partial charge in [-0.05, 0) is 37.5 Å². The fourth-order valence-corrected chi connectivity index (χ4v) is 3.12. The molecule has 0 spiro atoms. The zero-order valence-corrected chi connectivity index (χ0v) is 12.6. The van der Waals surface area contributed by atoms with Crippen LogP contribution in [0.25, 0.3) is 0 Å². The highest BCUT2D eigenvalue weighted by Crippen LogP contribution is 2.26. The van der Waals surface area contributed by atoms with Gasteiger partial charge in [0, 0.05) is 25.6 Å². The van der Waals surface area contributed by atoms with Crippen molar-refractivity contribution in [2.75, 3.05) is 37.8 Å². The van der Waals surface area contributed by atoms with Gasteiger partial charge in [-0.25, -0.2) is 4.39 Å². The monoisotopic (exact) mass is 304 g/mol. The molecule has 1 aromatic carbocycles. The van der Waals surface area contributed by atoms with Gasteiger partial charge >= 0.3 is 0 Å². The largest absolute Gasteiger partial charge is 0.381 e. The van der Waals surface area contributed by atoms with Gasteiger partial charge in [0.2, 0.25) is 0 Å². The Labute approximate surface area is 130 Å². The van der Waals surface area contributed by atoms with Crippen molar-refractivity contribution < 1.29 is 13.9 Å². The van der Waals surface area contributed by atoms with Crippen molar-refractivity contribution in [3.8, 4) is 6.07 Å². The summed E-state index contributed by atoms with van der Waals surface area (Å²) in [5, 5.41) is 9.15. The van der Waals surface area contributed by atoms with Crippen LogP contribution in [0.5, 0.6) is 0 Å². The maximum absolute atomic E-state index is 13.2. The maximum atomic E-state index is 13.2. The van der Waals surface area contributed by atoms with Crippen molar-refractivity contribution in [3.05, 3.63) is 29.6 Å². The van der Waals surface area contributed by atoms with E-state index in [0.717, 1.165) is 57.9 Å². The number of anilines is 1. The summed E-state index contributed by atoms with van der Waals surface area (Å²) >= 11 is 0. The van der Waals surface area contributed by atoms with E-state index in [-0.39, 0.29) is 11.9 Å². The quantitative estimate of drug-likeness (QED) is 0.858. The van der Waals surface area contributed by atoms with Crippen molar-refractivity contribution in [3.63, 3.8) is 0 Å². The number of nitrogens with zero attached hydrogens (tertiary/aromatic N) is 2. The van der Waals surface area contributed by atoms with E-state index >= 15 is 0 Å². The van der Waals surface area contributed by atoms with Gasteiger partial charge in [-0.1, -0.05) is 0 Å². The Morgan fingerprint density at radius 3 is 2.82 bits per heavy atom. The summed E-state index contributed by atoms with van der Waals surface area (Å²) in [5.41, 5.74) is 1.23. The van der Waals surface area contributed by atoms with Gasteiger partial charge in [0.15, 0.2) is 0 Å². The Hall–Kier alpha value is -1.64. The Morgan fingerprint density at radius 2 is 2.14 bits per heavy atom. The molecule has 0 N–H and O–H groups in total. The third-order valence-corrected chi connectivity index (χ3v) is 4.45. The van der Waals surface area contributed by atoms with Crippen molar-refractivity contribution >= 4 is 5.69 Å². The molecule has 2 heterocycles. The number of piperidine rings is 1. The predicted octanol–water partition coefficient (Wildman–Crippen LogP) is 2.72. The zero-order chi connectivity index (χ0) is 15.4. The fourth-order valence-electron chi connectivity index (χ4n) is 3.12. The molecule has 2 fully saturated rings. The highest BCUT2D eigenvalue weighted by molar-refractivity contribution is 5.59. The molecule has 0 aromatic heterocycles. The first-order chi connectivity index (χ1) is 10.8. The molecule has 1 atom stereocenters. The van der Waals surface area contributed by atoms with E-state index in [1.807, 2.05) is 0 Å². The second-order valence-electron chi connectivity index (χ2n) is 6.02. The lowest BCUT2D eigenvalue weighted by molar-refractivity contribution is 0.0131. The molecule has 0 amide bonds. The Morgan fingerprint density at radius 1 is 1.32 bits per heavy atom. The highest BCUT2D eigenvalue weighted by Gasteiger charge is 2.24. The molecule has 4 nitrogen and oxygen atoms in total. The average molecular weight is 304 g/mol. The predicted molar refractivity (Wildman–Crippen MR) is 81.2 cm³/mol. The van der Waals surface area contributed by atoms with Gasteiger partial charge in [0.1, 0.15) is 11.9 Å². The lowest BCUT2D eigenvalue weighted by Gasteiger charge is -2.34. The van der Waals surface area contributed by atoms with E-state index in [9.17, 15) is 4.39 Å². The Kier molecular flexibility index (Phi) is 4.91. The molecule has 0 aliphatic carbocycles. The second-order valence-corrected chi connectivity index (χ2v) is 6.02. The SMILES string of the molecule is N#Cc1cc(F)ccc1N1CCC(OCC2CCOC2)CC1. The smallest absolute Gasteiger partial charge is 0.124 e. The number of hydrogen-bond acceptors (Lipinski definition) is 4. The number of hydrogen-bond donors (Lipinski definition) is 0. The van der Waals surface area contributed by atoms with Gasteiger partial charge in [-0.2, -0.15) is 5.26 Å². The summed E-state index contributed by atoms with van der Waals surface area (Å²) in [4.78, 5) is 2.15. The first-order valence-electron chi connectivity index (χ1n) is 7.90. The molecule has 5 heteroatoms. The summed E-state index contributed by atoms with van der Waals surface area (Å²) in [6.45, 7) is 4.14. The van der Waals surface area contributed by atoms with Crippen LogP contribution in [0.2, 0.25) is 0 Å². The van der Waals surface area contributed by atoms with Crippen LogP contribution in [0.1, 0.15) is 24.8 Å². The van der Waals surface area contributed by atoms with E-state index in [0.29, 0.717) is 11.5 Å². The zero-order valence-electron chi connectivity index (χ0n) is 12.6. The molecule has 22 heavy (non-hydrogen) atoms. The number of rotatable bonds is 4. The van der Waals surface area contributed by atoms with E-state index in [1.54, 1.807) is 6.07 Å². The Balaban J connectivity index is 1.52. The molecule has 2 aliphatic rings. The van der Waals surface area contributed by atoms with Crippen LogP contribution in [-0.4, -0.2) is 39.0 Å². The second kappa shape index (κ2) is 7.08. The molecular formula is C17H21FN2O2. The molecule has 2 saturated heterocycles. The minimum absolute atomic E-state index is 0.280. The average Bonchev–Trinajstić information content (AvgIpc) is 3.07. The minimum atomic E-state index is -0.364. The van der Waals surface area contributed by atoms with Crippen LogP contribution in [0.15, 0.2) is 18.2 Å². The molecule has 1 aromatic rings. The number of halogens is 1. The molecule has 1 unspecified atom stereocenters. The summed E-state index contributed by atoms with van der Waals surface area (Å²) in [7, 11) is 0. The minimum Gasteiger partial charge on any atom is -0.381 e. The maximum Gasteiger partial charge on any atom is 0.124 e. The van der Waals surface area contributed by atoms with Crippen LogP contribution < -0.4 is 4.90 Å². The number of ether oxygens (including phenoxy) is 2. The van der Waals surface area contributed by atoms with E-state index in [4.69, 9.17) is 14.7 Å². The van der Waals surface area contributed by atoms with E-state index < -0.39 is 0 Å². The molecule has 0 radical (unpaired) electrons. The normalized spacial score (nSPS) is 22.7. The van der Waals surface area contributed by atoms with Crippen molar-refractivity contribution in [2.45, 2.75) is 25.4 Å². The van der Waals surface area contributed by atoms with Crippen molar-refractivity contribution in [1.29, 1.82) is 5.26 Å². The molecule has 3 rings (SSSR count). The van der Waals surface area contributed by atoms with Crippen LogP contribution in [0.3, 0.4) is 0 Å². The number of benzene rings is 1. The molecular weight excluding hydrogens is 283 g/mol. The first-order valence-corrected chi connectivity index (χ1v) is 7.90. The molecule has 0 bridgehead atoms. The third-order valence-electron chi connectivity index (χ3n) is 4.45. The lowest BCUT2D eigenvalue weighted by Crippen LogP contribution is -2.38. The van der Waals surface area contributed by atoms with Gasteiger partial charge in [-0.15, -0.1) is 0 Å². The summed E-state index contributed by atoms with van der Waals surface area (Å²) < 4.78 is 24.6. The molecule has 0 saturated carbocycles. The van der Waals surface area contributed by atoms with Crippen molar-refractivity contribution in [1.82, 2.24) is 0 Å². The third kappa shape index (κ3) is 3.57. The summed E-state index contributed by atoms with van der Waals surface area (Å²) in [6.07, 6.45) is 3.26. The van der Waals surface area contributed by atoms with Gasteiger partial charge in [0.05, 0.1) is 30.6 Å². The standard InChI is InChI=1S/C17H21FN2O2/c18-15-1-2-17(14(9-15)10-19)20-6-3-16(4-7-20)22-12-13-5-8-21-11-13/h1-2,9,13,16H,3-8,11-12H2. The molecule has 118 valence electrons. The van der Waals surface area contributed by atoms with Gasteiger partial charge in [-0.3, -0.25) is 0 Å². The topological polar surface area (TPSA) is 45.5 Å². The summed E-state index contributed by atoms with van der Waals surface area (Å²) in [6, 6.07) is 6.50. The van der Waals surface area contributed by atoms with Crippen LogP contribution in [0.4, 0.5) is 10.1 Å². The lowest BCUT2D eigenvalue weighted by atomic mass is 10.0. The van der Waals surface area contributed by atoms with Crippen molar-refractivity contribution in [2.24, 2.45) is 5.92 Å². The van der Waals surface area contributed by atoms with E-state index in [2.05, 4.69) is 11.0 Å². The van der Waals surface area contributed by atoms with Gasteiger partial charge in [0.25, 0.3) is 0 Å². The first kappa shape index (κ1) is 15.3. The van der Waals surface area contributed by atoms with Gasteiger partial charge < -0.3 is 14.4 Å². The molecule has 2 aliphatic heterocycles. The number of nitriles is 1. The Bertz CT molecular complexity index is 544. The van der Waals surface area contributed by atoms with Crippen LogP contribution in [-0.2, 0) is 9.47 Å². The van der Waals surface area contributed by atoms with Crippen LogP contribution in [0, 0.1) is 23.1 Å². The highest BCUT2D eigenvalue weighted by atomic mass is 19.1.